The number of nitrogens with one attached hydrogen (secondary N) is 1. The van der Waals surface area contributed by atoms with Gasteiger partial charge in [-0.05, 0) is 28.5 Å². The van der Waals surface area contributed by atoms with Crippen molar-refractivity contribution < 1.29 is 14.3 Å². The van der Waals surface area contributed by atoms with Crippen LogP contribution in [0, 0.1) is 5.92 Å². The molecule has 2 aromatic rings. The molecule has 8 nitrogen and oxygen atoms in total. The number of hydrogen-bond donors (Lipinski definition) is 1. The molecule has 0 aliphatic carbocycles. The summed E-state index contributed by atoms with van der Waals surface area (Å²) in [6, 6.07) is 8.74. The number of rotatable bonds is 8. The molecule has 9 heteroatoms. The first-order chi connectivity index (χ1) is 12.1. The molecule has 1 N–H and O–H groups in total. The predicted octanol–water partition coefficient (Wildman–Crippen LogP) is 1.46. The van der Waals surface area contributed by atoms with E-state index in [0.717, 1.165) is 12.1 Å². The van der Waals surface area contributed by atoms with E-state index >= 15 is 0 Å². The summed E-state index contributed by atoms with van der Waals surface area (Å²) in [7, 11) is 1.31. The second kappa shape index (κ2) is 9.16. The Bertz CT molecular complexity index is 707. The number of carbonyl (C=O) groups is 2. The number of ether oxygens (including phenoxy) is 1. The average Bonchev–Trinajstić information content (AvgIpc) is 3.12. The first kappa shape index (κ1) is 18.9. The number of tetrazole rings is 1. The topological polar surface area (TPSA) is 99.0 Å². The van der Waals surface area contributed by atoms with E-state index < -0.39 is 12.0 Å². The summed E-state index contributed by atoms with van der Waals surface area (Å²) < 4.78 is 6.33. The minimum absolute atomic E-state index is 0.0176. The fraction of sp³-hybridized carbons (Fsp3) is 0.438. The van der Waals surface area contributed by atoms with Crippen molar-refractivity contribution in [3.05, 3.63) is 30.3 Å². The number of methoxy groups -OCH3 is 1. The molecule has 0 saturated carbocycles. The predicted molar refractivity (Wildman–Crippen MR) is 93.3 cm³/mol. The van der Waals surface area contributed by atoms with E-state index in [-0.39, 0.29) is 17.6 Å². The molecule has 0 spiro atoms. The third-order valence-corrected chi connectivity index (χ3v) is 4.68. The first-order valence-electron chi connectivity index (χ1n) is 7.90. The number of nitrogens with zero attached hydrogens (tertiary/aromatic N) is 4. The van der Waals surface area contributed by atoms with Crippen LogP contribution >= 0.6 is 11.8 Å². The third-order valence-electron chi connectivity index (χ3n) is 3.76. The minimum Gasteiger partial charge on any atom is -0.467 e. The van der Waals surface area contributed by atoms with E-state index in [1.165, 1.54) is 18.9 Å². The van der Waals surface area contributed by atoms with Gasteiger partial charge in [-0.3, -0.25) is 4.79 Å². The Hall–Kier alpha value is -2.42. The van der Waals surface area contributed by atoms with Crippen molar-refractivity contribution in [2.24, 2.45) is 5.92 Å². The number of para-hydroxylation sites is 1. The van der Waals surface area contributed by atoms with Gasteiger partial charge >= 0.3 is 5.97 Å². The molecule has 0 bridgehead atoms. The van der Waals surface area contributed by atoms with E-state index in [1.54, 1.807) is 4.68 Å². The summed E-state index contributed by atoms with van der Waals surface area (Å²) in [5.41, 5.74) is 0.808. The summed E-state index contributed by atoms with van der Waals surface area (Å²) in [6.07, 6.45) is 0.749. The van der Waals surface area contributed by atoms with Gasteiger partial charge in [0.25, 0.3) is 0 Å². The lowest BCUT2D eigenvalue weighted by molar-refractivity contribution is -0.146. The van der Waals surface area contributed by atoms with Gasteiger partial charge in [0, 0.05) is 0 Å². The van der Waals surface area contributed by atoms with Crippen molar-refractivity contribution in [1.29, 1.82) is 0 Å². The monoisotopic (exact) mass is 363 g/mol. The van der Waals surface area contributed by atoms with Crippen molar-refractivity contribution in [2.45, 2.75) is 31.5 Å². The zero-order chi connectivity index (χ0) is 18.2. The van der Waals surface area contributed by atoms with Gasteiger partial charge in [-0.25, -0.2) is 4.79 Å². The van der Waals surface area contributed by atoms with Crippen LogP contribution in [0.2, 0.25) is 0 Å². The van der Waals surface area contributed by atoms with Gasteiger partial charge in [-0.15, -0.1) is 5.10 Å². The SMILES string of the molecule is CC[C@H](C)[C@@H](NC(=O)CSc1nnnn1-c1ccccc1)C(=O)OC. The van der Waals surface area contributed by atoms with E-state index in [1.807, 2.05) is 44.2 Å². The first-order valence-corrected chi connectivity index (χ1v) is 8.89. The molecule has 1 aromatic carbocycles. The highest BCUT2D eigenvalue weighted by Gasteiger charge is 2.26. The molecule has 0 fully saturated rings. The number of aromatic nitrogens is 4. The second-order valence-electron chi connectivity index (χ2n) is 5.45. The molecule has 0 unspecified atom stereocenters. The summed E-state index contributed by atoms with van der Waals surface area (Å²) in [4.78, 5) is 24.1. The van der Waals surface area contributed by atoms with Gasteiger partial charge < -0.3 is 10.1 Å². The van der Waals surface area contributed by atoms with E-state index in [4.69, 9.17) is 4.74 Å². The van der Waals surface area contributed by atoms with Crippen molar-refractivity contribution >= 4 is 23.6 Å². The van der Waals surface area contributed by atoms with Gasteiger partial charge in [0.15, 0.2) is 0 Å². The summed E-state index contributed by atoms with van der Waals surface area (Å²) in [5.74, 6) is -0.641. The Morgan fingerprint density at radius 2 is 2.04 bits per heavy atom. The lowest BCUT2D eigenvalue weighted by Gasteiger charge is -2.21. The highest BCUT2D eigenvalue weighted by atomic mass is 32.2. The van der Waals surface area contributed by atoms with Crippen molar-refractivity contribution in [1.82, 2.24) is 25.5 Å². The van der Waals surface area contributed by atoms with Gasteiger partial charge in [0.2, 0.25) is 11.1 Å². The zero-order valence-electron chi connectivity index (χ0n) is 14.4. The fourth-order valence-electron chi connectivity index (χ4n) is 2.14. The van der Waals surface area contributed by atoms with Crippen molar-refractivity contribution in [3.63, 3.8) is 0 Å². The molecule has 1 amide bonds. The molecule has 0 aliphatic heterocycles. The van der Waals surface area contributed by atoms with Gasteiger partial charge in [0.1, 0.15) is 6.04 Å². The Morgan fingerprint density at radius 3 is 2.68 bits per heavy atom. The van der Waals surface area contributed by atoms with Crippen LogP contribution < -0.4 is 5.32 Å². The Balaban J connectivity index is 1.99. The van der Waals surface area contributed by atoms with Crippen LogP contribution in [0.5, 0.6) is 0 Å². The molecular weight excluding hydrogens is 342 g/mol. The average molecular weight is 363 g/mol. The largest absolute Gasteiger partial charge is 0.467 e. The van der Waals surface area contributed by atoms with Crippen LogP contribution in [0.25, 0.3) is 5.69 Å². The van der Waals surface area contributed by atoms with Crippen LogP contribution in [0.3, 0.4) is 0 Å². The fourth-order valence-corrected chi connectivity index (χ4v) is 2.84. The molecule has 25 heavy (non-hydrogen) atoms. The summed E-state index contributed by atoms with van der Waals surface area (Å²) in [6.45, 7) is 3.85. The van der Waals surface area contributed by atoms with Crippen LogP contribution in [-0.2, 0) is 14.3 Å². The molecule has 2 rings (SSSR count). The Morgan fingerprint density at radius 1 is 1.32 bits per heavy atom. The minimum atomic E-state index is -0.659. The van der Waals surface area contributed by atoms with Crippen LogP contribution in [0.1, 0.15) is 20.3 Å². The molecule has 1 aromatic heterocycles. The number of benzene rings is 1. The molecular formula is C16H21N5O3S. The highest BCUT2D eigenvalue weighted by Crippen LogP contribution is 2.18. The molecule has 0 saturated heterocycles. The van der Waals surface area contributed by atoms with Gasteiger partial charge in [0.05, 0.1) is 18.6 Å². The number of amides is 1. The Kier molecular flexibility index (Phi) is 6.93. The molecule has 1 heterocycles. The lowest BCUT2D eigenvalue weighted by Crippen LogP contribution is -2.46. The number of hydrogen-bond acceptors (Lipinski definition) is 7. The zero-order valence-corrected chi connectivity index (χ0v) is 15.2. The molecule has 134 valence electrons. The van der Waals surface area contributed by atoms with Gasteiger partial charge in [-0.1, -0.05) is 50.2 Å². The number of thioether (sulfide) groups is 1. The normalized spacial score (nSPS) is 13.1. The van der Waals surface area contributed by atoms with E-state index in [9.17, 15) is 9.59 Å². The van der Waals surface area contributed by atoms with Crippen LogP contribution in [0.15, 0.2) is 35.5 Å². The molecule has 2 atom stereocenters. The maximum atomic E-state index is 12.2. The highest BCUT2D eigenvalue weighted by molar-refractivity contribution is 7.99. The van der Waals surface area contributed by atoms with E-state index in [2.05, 4.69) is 20.8 Å². The van der Waals surface area contributed by atoms with Gasteiger partial charge in [-0.2, -0.15) is 4.68 Å². The van der Waals surface area contributed by atoms with Crippen molar-refractivity contribution in [3.8, 4) is 5.69 Å². The molecule has 0 aliphatic rings. The molecule has 0 radical (unpaired) electrons. The maximum absolute atomic E-state index is 12.2. The lowest BCUT2D eigenvalue weighted by atomic mass is 9.99. The van der Waals surface area contributed by atoms with Crippen molar-refractivity contribution in [2.75, 3.05) is 12.9 Å². The second-order valence-corrected chi connectivity index (χ2v) is 6.39. The number of carbonyl (C=O) groups excluding carboxylic acids is 2. The third kappa shape index (κ3) is 5.02. The number of esters is 1. The maximum Gasteiger partial charge on any atom is 0.328 e. The van der Waals surface area contributed by atoms with Crippen LogP contribution in [-0.4, -0.2) is 51.0 Å². The summed E-state index contributed by atoms with van der Waals surface area (Å²) in [5, 5.41) is 14.8. The summed E-state index contributed by atoms with van der Waals surface area (Å²) >= 11 is 1.20. The van der Waals surface area contributed by atoms with Crippen LogP contribution in [0.4, 0.5) is 0 Å². The Labute approximate surface area is 150 Å². The standard InChI is InChI=1S/C16H21N5O3S/c1-4-11(2)14(15(23)24-3)17-13(22)10-25-16-18-19-20-21(16)12-8-6-5-7-9-12/h5-9,11,14H,4,10H2,1-3H3,(H,17,22)/t11-,14+/m0/s1. The quantitative estimate of drug-likeness (QED) is 0.560. The van der Waals surface area contributed by atoms with E-state index in [0.29, 0.717) is 5.16 Å². The smallest absolute Gasteiger partial charge is 0.328 e.